The van der Waals surface area contributed by atoms with Crippen LogP contribution in [-0.4, -0.2) is 59.9 Å². The van der Waals surface area contributed by atoms with Crippen LogP contribution in [0.1, 0.15) is 49.3 Å². The van der Waals surface area contributed by atoms with Gasteiger partial charge < -0.3 is 4.90 Å². The molecular weight excluding hydrogens is 382 g/mol. The van der Waals surface area contributed by atoms with Gasteiger partial charge in [-0.15, -0.1) is 0 Å². The number of hydrogen-bond acceptors (Lipinski definition) is 3. The molecule has 0 spiro atoms. The number of piperidine rings is 1. The van der Waals surface area contributed by atoms with E-state index in [9.17, 15) is 4.79 Å². The van der Waals surface area contributed by atoms with E-state index in [2.05, 4.69) is 83.1 Å². The molecule has 2 aliphatic rings. The van der Waals surface area contributed by atoms with Crippen molar-refractivity contribution in [1.29, 1.82) is 0 Å². The number of carbonyl (C=O) groups is 1. The highest BCUT2D eigenvalue weighted by Crippen LogP contribution is 2.23. The number of nitrogens with zero attached hydrogens (tertiary/aromatic N) is 3. The van der Waals surface area contributed by atoms with E-state index in [0.29, 0.717) is 11.8 Å². The molecule has 0 bridgehead atoms. The van der Waals surface area contributed by atoms with Gasteiger partial charge >= 0.3 is 0 Å². The fraction of sp³-hybridized carbons (Fsp3) is 0.519. The van der Waals surface area contributed by atoms with Gasteiger partial charge in [-0.25, -0.2) is 0 Å². The number of amides is 1. The maximum absolute atomic E-state index is 13.1. The van der Waals surface area contributed by atoms with Gasteiger partial charge in [-0.3, -0.25) is 14.6 Å². The molecule has 2 saturated heterocycles. The lowest BCUT2D eigenvalue weighted by atomic mass is 9.94. The van der Waals surface area contributed by atoms with Gasteiger partial charge in [0.05, 0.1) is 0 Å². The first-order valence-electron chi connectivity index (χ1n) is 11.9. The van der Waals surface area contributed by atoms with Gasteiger partial charge in [0.2, 0.25) is 5.91 Å². The summed E-state index contributed by atoms with van der Waals surface area (Å²) in [6, 6.07) is 19.7. The van der Waals surface area contributed by atoms with E-state index in [1.165, 1.54) is 16.7 Å². The molecular formula is C27H37N3O. The molecule has 0 unspecified atom stereocenters. The van der Waals surface area contributed by atoms with E-state index in [1.54, 1.807) is 0 Å². The van der Waals surface area contributed by atoms with Crippen molar-refractivity contribution in [2.45, 2.75) is 45.7 Å². The lowest BCUT2D eigenvalue weighted by Gasteiger charge is -2.38. The number of carbonyl (C=O) groups excluding carboxylic acids is 1. The number of piperazine rings is 1. The molecule has 1 amide bonds. The zero-order chi connectivity index (χ0) is 21.6. The first kappa shape index (κ1) is 22.0. The van der Waals surface area contributed by atoms with Gasteiger partial charge in [-0.05, 0) is 48.5 Å². The van der Waals surface area contributed by atoms with E-state index < -0.39 is 0 Å². The first-order valence-corrected chi connectivity index (χ1v) is 11.9. The van der Waals surface area contributed by atoms with Crippen molar-refractivity contribution in [3.8, 4) is 0 Å². The van der Waals surface area contributed by atoms with Gasteiger partial charge in [0.15, 0.2) is 0 Å². The minimum absolute atomic E-state index is 0.209. The van der Waals surface area contributed by atoms with Gasteiger partial charge in [-0.2, -0.15) is 0 Å². The number of benzene rings is 2. The number of likely N-dealkylation sites (tertiary alicyclic amines) is 1. The Hall–Kier alpha value is -2.17. The summed E-state index contributed by atoms with van der Waals surface area (Å²) in [6.45, 7) is 12.2. The van der Waals surface area contributed by atoms with Crippen LogP contribution in [0.15, 0.2) is 54.6 Å². The average molecular weight is 420 g/mol. The minimum Gasteiger partial charge on any atom is -0.340 e. The Morgan fingerprint density at radius 1 is 0.774 bits per heavy atom. The SMILES string of the molecule is CC(C)c1ccc(CN2CCC(C(=O)N3CCN(Cc4ccccc4)CC3)CC2)cc1. The van der Waals surface area contributed by atoms with Gasteiger partial charge in [0.25, 0.3) is 0 Å². The Kier molecular flexibility index (Phi) is 7.41. The smallest absolute Gasteiger partial charge is 0.225 e. The lowest BCUT2D eigenvalue weighted by molar-refractivity contribution is -0.139. The summed E-state index contributed by atoms with van der Waals surface area (Å²) in [4.78, 5) is 20.2. The molecule has 2 fully saturated rings. The largest absolute Gasteiger partial charge is 0.340 e. The highest BCUT2D eigenvalue weighted by molar-refractivity contribution is 5.79. The highest BCUT2D eigenvalue weighted by Gasteiger charge is 2.30. The van der Waals surface area contributed by atoms with Crippen molar-refractivity contribution in [3.63, 3.8) is 0 Å². The molecule has 0 atom stereocenters. The molecule has 166 valence electrons. The monoisotopic (exact) mass is 419 g/mol. The van der Waals surface area contributed by atoms with Gasteiger partial charge in [-0.1, -0.05) is 68.4 Å². The van der Waals surface area contributed by atoms with Crippen LogP contribution in [0.4, 0.5) is 0 Å². The van der Waals surface area contributed by atoms with Crippen molar-refractivity contribution >= 4 is 5.91 Å². The molecule has 4 rings (SSSR count). The molecule has 0 radical (unpaired) electrons. The molecule has 2 aromatic rings. The van der Waals surface area contributed by atoms with Crippen molar-refractivity contribution in [2.75, 3.05) is 39.3 Å². The predicted octanol–water partition coefficient (Wildman–Crippen LogP) is 4.37. The Bertz CT molecular complexity index is 817. The zero-order valence-electron chi connectivity index (χ0n) is 19.2. The molecule has 0 saturated carbocycles. The Labute approximate surface area is 187 Å². The van der Waals surface area contributed by atoms with E-state index in [-0.39, 0.29) is 5.92 Å². The van der Waals surface area contributed by atoms with Crippen molar-refractivity contribution < 1.29 is 4.79 Å². The molecule has 4 nitrogen and oxygen atoms in total. The molecule has 2 heterocycles. The van der Waals surface area contributed by atoms with E-state index in [0.717, 1.165) is 65.2 Å². The van der Waals surface area contributed by atoms with Crippen LogP contribution in [0.3, 0.4) is 0 Å². The van der Waals surface area contributed by atoms with Crippen LogP contribution in [0.5, 0.6) is 0 Å². The zero-order valence-corrected chi connectivity index (χ0v) is 19.2. The summed E-state index contributed by atoms with van der Waals surface area (Å²) in [7, 11) is 0. The third kappa shape index (κ3) is 5.96. The lowest BCUT2D eigenvalue weighted by Crippen LogP contribution is -2.51. The topological polar surface area (TPSA) is 26.8 Å². The molecule has 0 aromatic heterocycles. The van der Waals surface area contributed by atoms with Crippen LogP contribution in [0, 0.1) is 5.92 Å². The highest BCUT2D eigenvalue weighted by atomic mass is 16.2. The fourth-order valence-electron chi connectivity index (χ4n) is 4.83. The van der Waals surface area contributed by atoms with Crippen LogP contribution >= 0.6 is 0 Å². The van der Waals surface area contributed by atoms with Crippen molar-refractivity contribution in [3.05, 3.63) is 71.3 Å². The Balaban J connectivity index is 1.20. The van der Waals surface area contributed by atoms with Crippen LogP contribution in [0.25, 0.3) is 0 Å². The molecule has 4 heteroatoms. The summed E-state index contributed by atoms with van der Waals surface area (Å²) in [5, 5.41) is 0. The summed E-state index contributed by atoms with van der Waals surface area (Å²) in [5.41, 5.74) is 4.13. The van der Waals surface area contributed by atoms with Gasteiger partial charge in [0, 0.05) is 45.2 Å². The molecule has 31 heavy (non-hydrogen) atoms. The summed E-state index contributed by atoms with van der Waals surface area (Å²) in [6.07, 6.45) is 1.99. The third-order valence-corrected chi connectivity index (χ3v) is 6.92. The second kappa shape index (κ2) is 10.4. The fourth-order valence-corrected chi connectivity index (χ4v) is 4.83. The maximum atomic E-state index is 13.1. The summed E-state index contributed by atoms with van der Waals surface area (Å²) >= 11 is 0. The standard InChI is InChI=1S/C27H37N3O/c1-22(2)25-10-8-24(9-11-25)21-28-14-12-26(13-15-28)27(31)30-18-16-29(17-19-30)20-23-6-4-3-5-7-23/h3-11,22,26H,12-21H2,1-2H3. The average Bonchev–Trinajstić information content (AvgIpc) is 2.81. The molecule has 2 aliphatic heterocycles. The molecule has 0 aliphatic carbocycles. The minimum atomic E-state index is 0.209. The van der Waals surface area contributed by atoms with E-state index in [1.807, 2.05) is 0 Å². The summed E-state index contributed by atoms with van der Waals surface area (Å²) < 4.78 is 0. The Morgan fingerprint density at radius 3 is 1.90 bits per heavy atom. The number of rotatable bonds is 6. The Morgan fingerprint density at radius 2 is 1.32 bits per heavy atom. The first-order chi connectivity index (χ1) is 15.1. The second-order valence-corrected chi connectivity index (χ2v) is 9.53. The van der Waals surface area contributed by atoms with Crippen LogP contribution in [-0.2, 0) is 17.9 Å². The van der Waals surface area contributed by atoms with Crippen LogP contribution < -0.4 is 0 Å². The quantitative estimate of drug-likeness (QED) is 0.696. The van der Waals surface area contributed by atoms with E-state index >= 15 is 0 Å². The van der Waals surface area contributed by atoms with Crippen molar-refractivity contribution in [1.82, 2.24) is 14.7 Å². The molecule has 0 N–H and O–H groups in total. The van der Waals surface area contributed by atoms with E-state index in [4.69, 9.17) is 0 Å². The molecule has 2 aromatic carbocycles. The van der Waals surface area contributed by atoms with Crippen molar-refractivity contribution in [2.24, 2.45) is 5.92 Å². The maximum Gasteiger partial charge on any atom is 0.225 e. The third-order valence-electron chi connectivity index (χ3n) is 6.92. The number of hydrogen-bond donors (Lipinski definition) is 0. The van der Waals surface area contributed by atoms with Crippen LogP contribution in [0.2, 0.25) is 0 Å². The second-order valence-electron chi connectivity index (χ2n) is 9.53. The van der Waals surface area contributed by atoms with Gasteiger partial charge in [0.1, 0.15) is 0 Å². The normalized spacial score (nSPS) is 19.1. The predicted molar refractivity (Wildman–Crippen MR) is 127 cm³/mol. The summed E-state index contributed by atoms with van der Waals surface area (Å²) in [5.74, 6) is 1.18.